The van der Waals surface area contributed by atoms with E-state index in [9.17, 15) is 4.79 Å². The molecule has 0 aliphatic carbocycles. The van der Waals surface area contributed by atoms with Gasteiger partial charge in [0.15, 0.2) is 0 Å². The van der Waals surface area contributed by atoms with Crippen molar-refractivity contribution in [1.29, 1.82) is 0 Å². The summed E-state index contributed by atoms with van der Waals surface area (Å²) in [6, 6.07) is 9.85. The molecule has 0 saturated heterocycles. The van der Waals surface area contributed by atoms with E-state index >= 15 is 0 Å². The number of hydrogen-bond donors (Lipinski definition) is 1. The average Bonchev–Trinajstić information content (AvgIpc) is 2.98. The topological polar surface area (TPSA) is 56.1 Å². The molecule has 0 fully saturated rings. The van der Waals surface area contributed by atoms with Crippen LogP contribution in [-0.2, 0) is 16.1 Å². The molecule has 0 aliphatic heterocycles. The quantitative estimate of drug-likeness (QED) is 0.836. The van der Waals surface area contributed by atoms with Crippen molar-refractivity contribution in [3.05, 3.63) is 54.6 Å². The van der Waals surface area contributed by atoms with Crippen molar-refractivity contribution in [2.45, 2.75) is 19.0 Å². The Balaban J connectivity index is 2.06. The molecule has 0 radical (unpaired) electrons. The minimum atomic E-state index is -0.0743. The van der Waals surface area contributed by atoms with E-state index in [1.165, 1.54) is 0 Å². The van der Waals surface area contributed by atoms with Crippen molar-refractivity contribution >= 4 is 5.91 Å². The van der Waals surface area contributed by atoms with Gasteiger partial charge in [0.25, 0.3) is 0 Å². The van der Waals surface area contributed by atoms with Crippen molar-refractivity contribution in [3.63, 3.8) is 0 Å². The molecule has 1 amide bonds. The number of hydrogen-bond acceptors (Lipinski definition) is 3. The fourth-order valence-electron chi connectivity index (χ4n) is 1.99. The molecule has 1 aromatic heterocycles. The first-order valence-electron chi connectivity index (χ1n) is 6.58. The summed E-state index contributed by atoms with van der Waals surface area (Å²) in [5.41, 5.74) is 1.08. The van der Waals surface area contributed by atoms with Gasteiger partial charge in [-0.05, 0) is 5.56 Å². The van der Waals surface area contributed by atoms with Crippen LogP contribution < -0.4 is 5.32 Å². The van der Waals surface area contributed by atoms with Gasteiger partial charge in [-0.1, -0.05) is 30.3 Å². The standard InChI is InChI=1S/C15H19N3O2/c1-20-10-7-15(19)17-14(11-18-9-8-16-12-18)13-5-3-2-4-6-13/h2-6,8-9,12,14H,7,10-11H2,1H3,(H,17,19)/t14-/m0/s1. The molecule has 2 rings (SSSR count). The molecule has 0 aliphatic rings. The number of amides is 1. The summed E-state index contributed by atoms with van der Waals surface area (Å²) in [5, 5.41) is 3.04. The Morgan fingerprint density at radius 1 is 1.40 bits per heavy atom. The van der Waals surface area contributed by atoms with Gasteiger partial charge in [0.05, 0.1) is 19.0 Å². The Labute approximate surface area is 118 Å². The van der Waals surface area contributed by atoms with Crippen molar-refractivity contribution in [2.24, 2.45) is 0 Å². The molecule has 1 heterocycles. The number of nitrogens with one attached hydrogen (secondary N) is 1. The fraction of sp³-hybridized carbons (Fsp3) is 0.333. The van der Waals surface area contributed by atoms with E-state index in [0.29, 0.717) is 19.6 Å². The van der Waals surface area contributed by atoms with Crippen LogP contribution in [0.3, 0.4) is 0 Å². The molecule has 1 atom stereocenters. The van der Waals surface area contributed by atoms with Crippen LogP contribution in [0.4, 0.5) is 0 Å². The van der Waals surface area contributed by atoms with Crippen LogP contribution in [0.2, 0.25) is 0 Å². The molecule has 0 spiro atoms. The van der Waals surface area contributed by atoms with E-state index in [1.54, 1.807) is 19.6 Å². The SMILES string of the molecule is COCCC(=O)N[C@@H](Cn1ccnc1)c1ccccc1. The largest absolute Gasteiger partial charge is 0.384 e. The number of imidazole rings is 1. The van der Waals surface area contributed by atoms with Crippen LogP contribution in [0.5, 0.6) is 0 Å². The highest BCUT2D eigenvalue weighted by Crippen LogP contribution is 2.15. The van der Waals surface area contributed by atoms with Crippen molar-refractivity contribution in [2.75, 3.05) is 13.7 Å². The summed E-state index contributed by atoms with van der Waals surface area (Å²) in [7, 11) is 1.59. The lowest BCUT2D eigenvalue weighted by atomic mass is 10.1. The van der Waals surface area contributed by atoms with E-state index in [-0.39, 0.29) is 11.9 Å². The molecule has 0 unspecified atom stereocenters. The number of carbonyl (C=O) groups excluding carboxylic acids is 1. The number of methoxy groups -OCH3 is 1. The lowest BCUT2D eigenvalue weighted by Gasteiger charge is -2.19. The van der Waals surface area contributed by atoms with E-state index < -0.39 is 0 Å². The molecule has 5 nitrogen and oxygen atoms in total. The lowest BCUT2D eigenvalue weighted by Crippen LogP contribution is -2.31. The number of benzene rings is 1. The van der Waals surface area contributed by atoms with Gasteiger partial charge >= 0.3 is 0 Å². The third-order valence-electron chi connectivity index (χ3n) is 3.02. The van der Waals surface area contributed by atoms with Gasteiger partial charge < -0.3 is 14.6 Å². The normalized spacial score (nSPS) is 12.1. The Kier molecular flexibility index (Phi) is 5.32. The second kappa shape index (κ2) is 7.45. The van der Waals surface area contributed by atoms with Crippen molar-refractivity contribution in [3.8, 4) is 0 Å². The van der Waals surface area contributed by atoms with Crippen LogP contribution in [0, 0.1) is 0 Å². The highest BCUT2D eigenvalue weighted by molar-refractivity contribution is 5.76. The number of nitrogens with zero attached hydrogens (tertiary/aromatic N) is 2. The van der Waals surface area contributed by atoms with Crippen molar-refractivity contribution < 1.29 is 9.53 Å². The first kappa shape index (κ1) is 14.3. The van der Waals surface area contributed by atoms with Crippen LogP contribution in [0.1, 0.15) is 18.0 Å². The highest BCUT2D eigenvalue weighted by Gasteiger charge is 2.14. The van der Waals surface area contributed by atoms with E-state index in [0.717, 1.165) is 5.56 Å². The first-order chi connectivity index (χ1) is 9.79. The summed E-state index contributed by atoms with van der Waals surface area (Å²) in [6.45, 7) is 1.08. The third kappa shape index (κ3) is 4.20. The molecule has 5 heteroatoms. The zero-order valence-electron chi connectivity index (χ0n) is 11.5. The predicted octanol–water partition coefficient (Wildman–Crippen LogP) is 1.78. The summed E-state index contributed by atoms with van der Waals surface area (Å²) in [5.74, 6) is -0.0131. The lowest BCUT2D eigenvalue weighted by molar-refractivity contribution is -0.122. The van der Waals surface area contributed by atoms with Gasteiger partial charge in [0.2, 0.25) is 5.91 Å². The molecule has 1 aromatic carbocycles. The minimum absolute atomic E-state index is 0.0131. The van der Waals surface area contributed by atoms with Crippen LogP contribution >= 0.6 is 0 Å². The third-order valence-corrected chi connectivity index (χ3v) is 3.02. The fourth-order valence-corrected chi connectivity index (χ4v) is 1.99. The molecule has 2 aromatic rings. The number of ether oxygens (including phenoxy) is 1. The molecule has 0 bridgehead atoms. The minimum Gasteiger partial charge on any atom is -0.384 e. The highest BCUT2D eigenvalue weighted by atomic mass is 16.5. The summed E-state index contributed by atoms with van der Waals surface area (Å²) in [6.07, 6.45) is 5.73. The number of carbonyl (C=O) groups is 1. The monoisotopic (exact) mass is 273 g/mol. The molecule has 0 saturated carbocycles. The second-order valence-electron chi connectivity index (χ2n) is 4.53. The van der Waals surface area contributed by atoms with Gasteiger partial charge in [-0.2, -0.15) is 0 Å². The van der Waals surface area contributed by atoms with Gasteiger partial charge in [0, 0.05) is 32.5 Å². The molecular formula is C15H19N3O2. The van der Waals surface area contributed by atoms with Gasteiger partial charge in [-0.3, -0.25) is 4.79 Å². The van der Waals surface area contributed by atoms with E-state index in [4.69, 9.17) is 4.74 Å². The Morgan fingerprint density at radius 3 is 2.85 bits per heavy atom. The number of rotatable bonds is 7. The van der Waals surface area contributed by atoms with E-state index in [2.05, 4.69) is 10.3 Å². The van der Waals surface area contributed by atoms with Crippen molar-refractivity contribution in [1.82, 2.24) is 14.9 Å². The van der Waals surface area contributed by atoms with Gasteiger partial charge in [-0.15, -0.1) is 0 Å². The predicted molar refractivity (Wildman–Crippen MR) is 76.0 cm³/mol. The first-order valence-corrected chi connectivity index (χ1v) is 6.58. The summed E-state index contributed by atoms with van der Waals surface area (Å²) in [4.78, 5) is 15.9. The second-order valence-corrected chi connectivity index (χ2v) is 4.53. The number of aromatic nitrogens is 2. The Bertz CT molecular complexity index is 511. The summed E-state index contributed by atoms with van der Waals surface area (Å²) < 4.78 is 6.88. The smallest absolute Gasteiger partial charge is 0.222 e. The summed E-state index contributed by atoms with van der Waals surface area (Å²) >= 11 is 0. The van der Waals surface area contributed by atoms with Crippen LogP contribution in [-0.4, -0.2) is 29.2 Å². The molecule has 1 N–H and O–H groups in total. The zero-order valence-corrected chi connectivity index (χ0v) is 11.5. The van der Waals surface area contributed by atoms with E-state index in [1.807, 2.05) is 41.1 Å². The van der Waals surface area contributed by atoms with Gasteiger partial charge in [-0.25, -0.2) is 4.98 Å². The van der Waals surface area contributed by atoms with Crippen LogP contribution in [0.15, 0.2) is 49.1 Å². The Hall–Kier alpha value is -2.14. The van der Waals surface area contributed by atoms with Gasteiger partial charge in [0.1, 0.15) is 0 Å². The maximum absolute atomic E-state index is 11.9. The molecule has 106 valence electrons. The molecule has 20 heavy (non-hydrogen) atoms. The maximum atomic E-state index is 11.9. The van der Waals surface area contributed by atoms with Crippen LogP contribution in [0.25, 0.3) is 0 Å². The molecular weight excluding hydrogens is 254 g/mol. The average molecular weight is 273 g/mol. The zero-order chi connectivity index (χ0) is 14.2. The Morgan fingerprint density at radius 2 is 2.20 bits per heavy atom. The maximum Gasteiger partial charge on any atom is 0.222 e.